The molecule has 0 radical (unpaired) electrons. The Kier molecular flexibility index (Phi) is 3.57. The van der Waals surface area contributed by atoms with E-state index in [0.717, 1.165) is 11.2 Å². The highest BCUT2D eigenvalue weighted by atomic mass is 16.5. The van der Waals surface area contributed by atoms with Crippen LogP contribution in [0.1, 0.15) is 17.3 Å². The fourth-order valence-electron chi connectivity index (χ4n) is 2.81. The molecule has 0 bridgehead atoms. The molecule has 0 atom stereocenters. The van der Waals surface area contributed by atoms with Crippen molar-refractivity contribution in [2.24, 2.45) is 0 Å². The number of hydrogen-bond acceptors (Lipinski definition) is 5. The molecule has 0 aliphatic rings. The standard InChI is InChI=1S/C19H14N2O4/c1-2-24-18(22)14-10-12-8-9-16-15(17(12)25-19(14)23)11-20-21(16)13-6-4-3-5-7-13/h3-11H,2H2,1H3. The van der Waals surface area contributed by atoms with Gasteiger partial charge in [0.05, 0.1) is 29.4 Å². The monoisotopic (exact) mass is 334 g/mol. The molecule has 0 amide bonds. The maximum Gasteiger partial charge on any atom is 0.351 e. The molecule has 25 heavy (non-hydrogen) atoms. The highest BCUT2D eigenvalue weighted by Gasteiger charge is 2.17. The summed E-state index contributed by atoms with van der Waals surface area (Å²) in [7, 11) is 0. The first-order valence-corrected chi connectivity index (χ1v) is 7.86. The summed E-state index contributed by atoms with van der Waals surface area (Å²) >= 11 is 0. The Hall–Kier alpha value is -3.41. The predicted octanol–water partition coefficient (Wildman–Crippen LogP) is 3.31. The van der Waals surface area contributed by atoms with Crippen LogP contribution in [0, 0.1) is 0 Å². The molecule has 0 aliphatic heterocycles. The number of nitrogens with zero attached hydrogens (tertiary/aromatic N) is 2. The van der Waals surface area contributed by atoms with E-state index in [1.165, 1.54) is 6.07 Å². The summed E-state index contributed by atoms with van der Waals surface area (Å²) in [5.41, 5.74) is 1.29. The summed E-state index contributed by atoms with van der Waals surface area (Å²) in [5.74, 6) is -0.682. The number of hydrogen-bond donors (Lipinski definition) is 0. The topological polar surface area (TPSA) is 74.3 Å². The number of rotatable bonds is 3. The van der Waals surface area contributed by atoms with Crippen molar-refractivity contribution < 1.29 is 13.9 Å². The Morgan fingerprint density at radius 1 is 1.20 bits per heavy atom. The maximum absolute atomic E-state index is 12.2. The summed E-state index contributed by atoms with van der Waals surface area (Å²) in [6, 6.07) is 14.8. The Bertz CT molecular complexity index is 1140. The third kappa shape index (κ3) is 2.48. The van der Waals surface area contributed by atoms with Crippen LogP contribution in [0.25, 0.3) is 27.6 Å². The number of aromatic nitrogens is 2. The van der Waals surface area contributed by atoms with E-state index in [1.807, 2.05) is 36.4 Å². The molecule has 0 saturated heterocycles. The van der Waals surface area contributed by atoms with Gasteiger partial charge in [-0.05, 0) is 37.3 Å². The minimum atomic E-state index is -0.717. The van der Waals surface area contributed by atoms with Crippen LogP contribution in [0.3, 0.4) is 0 Å². The number of benzene rings is 2. The summed E-state index contributed by atoms with van der Waals surface area (Å²) in [5, 5.41) is 5.74. The van der Waals surface area contributed by atoms with E-state index in [1.54, 1.807) is 23.9 Å². The molecule has 0 spiro atoms. The molecule has 124 valence electrons. The number of esters is 1. The van der Waals surface area contributed by atoms with E-state index in [9.17, 15) is 9.59 Å². The van der Waals surface area contributed by atoms with E-state index < -0.39 is 11.6 Å². The zero-order chi connectivity index (χ0) is 17.4. The number of para-hydroxylation sites is 1. The van der Waals surface area contributed by atoms with Gasteiger partial charge in [-0.15, -0.1) is 0 Å². The van der Waals surface area contributed by atoms with Gasteiger partial charge in [-0.2, -0.15) is 5.10 Å². The van der Waals surface area contributed by atoms with Crippen molar-refractivity contribution in [1.29, 1.82) is 0 Å². The van der Waals surface area contributed by atoms with Gasteiger partial charge in [0.2, 0.25) is 0 Å². The average molecular weight is 334 g/mol. The molecule has 2 aromatic carbocycles. The first-order valence-electron chi connectivity index (χ1n) is 7.86. The van der Waals surface area contributed by atoms with Crippen LogP contribution in [0.2, 0.25) is 0 Å². The van der Waals surface area contributed by atoms with Gasteiger partial charge in [0.25, 0.3) is 0 Å². The van der Waals surface area contributed by atoms with Crippen LogP contribution < -0.4 is 5.63 Å². The number of carbonyl (C=O) groups excluding carboxylic acids is 1. The fraction of sp³-hybridized carbons (Fsp3) is 0.105. The summed E-state index contributed by atoms with van der Waals surface area (Å²) in [4.78, 5) is 24.0. The van der Waals surface area contributed by atoms with Crippen molar-refractivity contribution in [2.75, 3.05) is 6.61 Å². The molecule has 6 heteroatoms. The molecule has 0 fully saturated rings. The molecule has 2 heterocycles. The van der Waals surface area contributed by atoms with Crippen LogP contribution >= 0.6 is 0 Å². The number of carbonyl (C=O) groups is 1. The van der Waals surface area contributed by atoms with E-state index in [-0.39, 0.29) is 12.2 Å². The van der Waals surface area contributed by atoms with E-state index in [2.05, 4.69) is 5.10 Å². The van der Waals surface area contributed by atoms with E-state index in [0.29, 0.717) is 16.4 Å². The van der Waals surface area contributed by atoms with Crippen LogP contribution in [0.15, 0.2) is 63.9 Å². The van der Waals surface area contributed by atoms with Crippen molar-refractivity contribution in [2.45, 2.75) is 6.92 Å². The molecular formula is C19H14N2O4. The SMILES string of the molecule is CCOC(=O)c1cc2ccc3c(cnn3-c3ccccc3)c2oc1=O. The van der Waals surface area contributed by atoms with Gasteiger partial charge < -0.3 is 9.15 Å². The van der Waals surface area contributed by atoms with E-state index in [4.69, 9.17) is 9.15 Å². The summed E-state index contributed by atoms with van der Waals surface area (Å²) in [6.07, 6.45) is 1.65. The van der Waals surface area contributed by atoms with Crippen molar-refractivity contribution in [1.82, 2.24) is 9.78 Å². The van der Waals surface area contributed by atoms with Gasteiger partial charge in [0.1, 0.15) is 11.1 Å². The molecule has 6 nitrogen and oxygen atoms in total. The lowest BCUT2D eigenvalue weighted by Gasteiger charge is -2.05. The van der Waals surface area contributed by atoms with Gasteiger partial charge >= 0.3 is 11.6 Å². The Labute approximate surface area is 142 Å². The molecule has 4 rings (SSSR count). The average Bonchev–Trinajstić information content (AvgIpc) is 3.06. The zero-order valence-electron chi connectivity index (χ0n) is 13.4. The molecule has 0 aliphatic carbocycles. The Morgan fingerprint density at radius 2 is 2.00 bits per heavy atom. The third-order valence-corrected chi connectivity index (χ3v) is 3.94. The van der Waals surface area contributed by atoms with Gasteiger partial charge in [0.15, 0.2) is 0 Å². The zero-order valence-corrected chi connectivity index (χ0v) is 13.4. The molecule has 0 unspecified atom stereocenters. The minimum absolute atomic E-state index is 0.107. The highest BCUT2D eigenvalue weighted by Crippen LogP contribution is 2.26. The van der Waals surface area contributed by atoms with Crippen molar-refractivity contribution in [3.63, 3.8) is 0 Å². The quantitative estimate of drug-likeness (QED) is 0.424. The third-order valence-electron chi connectivity index (χ3n) is 3.94. The fourth-order valence-corrected chi connectivity index (χ4v) is 2.81. The van der Waals surface area contributed by atoms with Gasteiger partial charge in [-0.25, -0.2) is 14.3 Å². The Morgan fingerprint density at radius 3 is 2.76 bits per heavy atom. The predicted molar refractivity (Wildman–Crippen MR) is 93.1 cm³/mol. The van der Waals surface area contributed by atoms with Gasteiger partial charge in [0, 0.05) is 5.39 Å². The van der Waals surface area contributed by atoms with Gasteiger partial charge in [-0.3, -0.25) is 0 Å². The Balaban J connectivity index is 1.93. The molecular weight excluding hydrogens is 320 g/mol. The second kappa shape index (κ2) is 5.90. The van der Waals surface area contributed by atoms with E-state index >= 15 is 0 Å². The van der Waals surface area contributed by atoms with Crippen LogP contribution in [0.4, 0.5) is 0 Å². The molecule has 0 N–H and O–H groups in total. The van der Waals surface area contributed by atoms with Gasteiger partial charge in [-0.1, -0.05) is 18.2 Å². The largest absolute Gasteiger partial charge is 0.462 e. The summed E-state index contributed by atoms with van der Waals surface area (Å²) < 4.78 is 12.1. The lowest BCUT2D eigenvalue weighted by Crippen LogP contribution is -2.16. The maximum atomic E-state index is 12.2. The first-order chi connectivity index (χ1) is 12.2. The normalized spacial score (nSPS) is 11.1. The smallest absolute Gasteiger partial charge is 0.351 e. The molecule has 4 aromatic rings. The second-order valence-corrected chi connectivity index (χ2v) is 5.48. The van der Waals surface area contributed by atoms with Crippen molar-refractivity contribution >= 4 is 27.8 Å². The van der Waals surface area contributed by atoms with Crippen LogP contribution in [-0.4, -0.2) is 22.4 Å². The lowest BCUT2D eigenvalue weighted by atomic mass is 10.1. The number of fused-ring (bicyclic) bond motifs is 3. The molecule has 2 aromatic heterocycles. The molecule has 0 saturated carbocycles. The van der Waals surface area contributed by atoms with Crippen molar-refractivity contribution in [3.05, 3.63) is 70.7 Å². The van der Waals surface area contributed by atoms with Crippen molar-refractivity contribution in [3.8, 4) is 5.69 Å². The minimum Gasteiger partial charge on any atom is -0.462 e. The lowest BCUT2D eigenvalue weighted by molar-refractivity contribution is 0.0522. The van der Waals surface area contributed by atoms with Crippen LogP contribution in [0.5, 0.6) is 0 Å². The summed E-state index contributed by atoms with van der Waals surface area (Å²) in [6.45, 7) is 1.88. The van der Waals surface area contributed by atoms with Crippen LogP contribution in [-0.2, 0) is 4.74 Å². The first kappa shape index (κ1) is 15.1. The number of ether oxygens (including phenoxy) is 1. The highest BCUT2D eigenvalue weighted by molar-refractivity contribution is 6.04. The second-order valence-electron chi connectivity index (χ2n) is 5.48.